The summed E-state index contributed by atoms with van der Waals surface area (Å²) in [5.41, 5.74) is 6.81. The fraction of sp³-hybridized carbons (Fsp3) is 0.250. The molecule has 5 heteroatoms. The number of anilines is 1. The Balaban J connectivity index is 1.95. The number of nitrogens with two attached hydrogens (primary N) is 1. The lowest BCUT2D eigenvalue weighted by Gasteiger charge is -2.15. The van der Waals surface area contributed by atoms with Crippen molar-refractivity contribution in [3.63, 3.8) is 0 Å². The molecule has 2 N–H and O–H groups in total. The van der Waals surface area contributed by atoms with Crippen LogP contribution < -0.4 is 5.73 Å². The van der Waals surface area contributed by atoms with Crippen molar-refractivity contribution in [3.8, 4) is 0 Å². The first-order chi connectivity index (χ1) is 8.13. The number of halogens is 1. The Morgan fingerprint density at radius 3 is 2.82 bits per heavy atom. The standard InChI is InChI=1S/C12H14ClN3S/c1-16(8-10-2-3-11(13)17-10)7-9-4-5-15-12(14)6-9/h2-6H,7-8H2,1H3,(H2,14,15). The minimum atomic E-state index is 0.565. The van der Waals surface area contributed by atoms with Gasteiger partial charge in [0.1, 0.15) is 5.82 Å². The highest BCUT2D eigenvalue weighted by atomic mass is 35.5. The molecule has 3 nitrogen and oxygen atoms in total. The summed E-state index contributed by atoms with van der Waals surface area (Å²) < 4.78 is 0.835. The molecule has 90 valence electrons. The SMILES string of the molecule is CN(Cc1ccnc(N)c1)Cc1ccc(Cl)s1. The molecular weight excluding hydrogens is 254 g/mol. The molecule has 0 saturated heterocycles. The van der Waals surface area contributed by atoms with Gasteiger partial charge in [0.05, 0.1) is 4.34 Å². The van der Waals surface area contributed by atoms with Gasteiger partial charge in [-0.2, -0.15) is 0 Å². The summed E-state index contributed by atoms with van der Waals surface area (Å²) in [5, 5.41) is 0. The van der Waals surface area contributed by atoms with Gasteiger partial charge in [-0.25, -0.2) is 4.98 Å². The molecule has 0 bridgehead atoms. The second-order valence-corrected chi connectivity index (χ2v) is 5.77. The summed E-state index contributed by atoms with van der Waals surface area (Å²) >= 11 is 7.52. The van der Waals surface area contributed by atoms with Gasteiger partial charge in [-0.3, -0.25) is 4.90 Å². The van der Waals surface area contributed by atoms with Crippen molar-refractivity contribution in [2.45, 2.75) is 13.1 Å². The molecule has 2 aromatic rings. The summed E-state index contributed by atoms with van der Waals surface area (Å²) in [5.74, 6) is 0.565. The highest BCUT2D eigenvalue weighted by Crippen LogP contribution is 2.22. The molecule has 0 unspecified atom stereocenters. The third-order valence-corrected chi connectivity index (χ3v) is 3.57. The quantitative estimate of drug-likeness (QED) is 0.926. The zero-order valence-corrected chi connectivity index (χ0v) is 11.1. The van der Waals surface area contributed by atoms with E-state index in [1.165, 1.54) is 10.4 Å². The van der Waals surface area contributed by atoms with E-state index in [9.17, 15) is 0 Å². The first-order valence-electron chi connectivity index (χ1n) is 5.26. The first kappa shape index (κ1) is 12.4. The normalized spacial score (nSPS) is 11.0. The molecule has 0 amide bonds. The summed E-state index contributed by atoms with van der Waals surface area (Å²) in [7, 11) is 2.07. The van der Waals surface area contributed by atoms with Gasteiger partial charge >= 0.3 is 0 Å². The zero-order valence-electron chi connectivity index (χ0n) is 9.56. The van der Waals surface area contributed by atoms with Crippen LogP contribution in [0.5, 0.6) is 0 Å². The van der Waals surface area contributed by atoms with Crippen LogP contribution in [-0.2, 0) is 13.1 Å². The van der Waals surface area contributed by atoms with E-state index in [2.05, 4.69) is 23.0 Å². The van der Waals surface area contributed by atoms with E-state index in [-0.39, 0.29) is 0 Å². The molecule has 0 radical (unpaired) electrons. The van der Waals surface area contributed by atoms with Gasteiger partial charge in [0.15, 0.2) is 0 Å². The average Bonchev–Trinajstić information content (AvgIpc) is 2.63. The molecular formula is C12H14ClN3S. The van der Waals surface area contributed by atoms with Crippen LogP contribution in [0.1, 0.15) is 10.4 Å². The van der Waals surface area contributed by atoms with E-state index in [0.717, 1.165) is 17.4 Å². The topological polar surface area (TPSA) is 42.2 Å². The van der Waals surface area contributed by atoms with Crippen LogP contribution in [0.25, 0.3) is 0 Å². The molecule has 2 aromatic heterocycles. The maximum Gasteiger partial charge on any atom is 0.123 e. The monoisotopic (exact) mass is 267 g/mol. The van der Waals surface area contributed by atoms with Crippen molar-refractivity contribution in [1.29, 1.82) is 0 Å². The third-order valence-electron chi connectivity index (χ3n) is 2.35. The Bertz CT molecular complexity index is 498. The van der Waals surface area contributed by atoms with Crippen LogP contribution >= 0.6 is 22.9 Å². The molecule has 0 aliphatic heterocycles. The number of hydrogen-bond donors (Lipinski definition) is 1. The van der Waals surface area contributed by atoms with Gasteiger partial charge in [-0.15, -0.1) is 11.3 Å². The van der Waals surface area contributed by atoms with Crippen LogP contribution in [0, 0.1) is 0 Å². The van der Waals surface area contributed by atoms with Crippen molar-refractivity contribution in [2.24, 2.45) is 0 Å². The van der Waals surface area contributed by atoms with Crippen LogP contribution in [0.4, 0.5) is 5.82 Å². The minimum Gasteiger partial charge on any atom is -0.384 e. The highest BCUT2D eigenvalue weighted by molar-refractivity contribution is 7.16. The van der Waals surface area contributed by atoms with Gasteiger partial charge in [0.25, 0.3) is 0 Å². The summed E-state index contributed by atoms with van der Waals surface area (Å²) in [4.78, 5) is 7.46. The Morgan fingerprint density at radius 1 is 1.35 bits per heavy atom. The van der Waals surface area contributed by atoms with Crippen molar-refractivity contribution in [1.82, 2.24) is 9.88 Å². The Morgan fingerprint density at radius 2 is 2.18 bits per heavy atom. The molecule has 0 atom stereocenters. The lowest BCUT2D eigenvalue weighted by molar-refractivity contribution is 0.322. The Kier molecular flexibility index (Phi) is 3.99. The molecule has 0 spiro atoms. The van der Waals surface area contributed by atoms with Gasteiger partial charge in [0, 0.05) is 24.2 Å². The smallest absolute Gasteiger partial charge is 0.123 e. The van der Waals surface area contributed by atoms with Crippen LogP contribution in [0.3, 0.4) is 0 Å². The summed E-state index contributed by atoms with van der Waals surface area (Å²) in [6.45, 7) is 1.74. The van der Waals surface area contributed by atoms with Gasteiger partial charge in [-0.1, -0.05) is 11.6 Å². The fourth-order valence-corrected chi connectivity index (χ4v) is 2.83. The number of nitrogen functional groups attached to an aromatic ring is 1. The van der Waals surface area contributed by atoms with Crippen molar-refractivity contribution >= 4 is 28.8 Å². The highest BCUT2D eigenvalue weighted by Gasteiger charge is 2.04. The summed E-state index contributed by atoms with van der Waals surface area (Å²) in [6.07, 6.45) is 1.74. The first-order valence-corrected chi connectivity index (χ1v) is 6.46. The number of rotatable bonds is 4. The third kappa shape index (κ3) is 3.70. The van der Waals surface area contributed by atoms with Crippen molar-refractivity contribution < 1.29 is 0 Å². The Labute approximate surface area is 110 Å². The maximum atomic E-state index is 5.90. The van der Waals surface area contributed by atoms with Gasteiger partial charge < -0.3 is 5.73 Å². The number of nitrogens with zero attached hydrogens (tertiary/aromatic N) is 2. The van der Waals surface area contributed by atoms with Crippen molar-refractivity contribution in [2.75, 3.05) is 12.8 Å². The second kappa shape index (κ2) is 5.49. The Hall–Kier alpha value is -1.10. The minimum absolute atomic E-state index is 0.565. The lowest BCUT2D eigenvalue weighted by atomic mass is 10.2. The van der Waals surface area contributed by atoms with Crippen LogP contribution in [0.2, 0.25) is 4.34 Å². The van der Waals surface area contributed by atoms with Crippen LogP contribution in [-0.4, -0.2) is 16.9 Å². The van der Waals surface area contributed by atoms with E-state index in [0.29, 0.717) is 5.82 Å². The number of thiophene rings is 1. The summed E-state index contributed by atoms with van der Waals surface area (Å²) in [6, 6.07) is 7.87. The lowest BCUT2D eigenvalue weighted by Crippen LogP contribution is -2.16. The fourth-order valence-electron chi connectivity index (χ4n) is 1.66. The van der Waals surface area contributed by atoms with E-state index in [1.54, 1.807) is 17.5 Å². The van der Waals surface area contributed by atoms with E-state index in [4.69, 9.17) is 17.3 Å². The van der Waals surface area contributed by atoms with Crippen LogP contribution in [0.15, 0.2) is 30.5 Å². The molecule has 0 aliphatic carbocycles. The van der Waals surface area contributed by atoms with Crippen molar-refractivity contribution in [3.05, 3.63) is 45.2 Å². The second-order valence-electron chi connectivity index (χ2n) is 3.97. The predicted molar refractivity (Wildman–Crippen MR) is 73.1 cm³/mol. The largest absolute Gasteiger partial charge is 0.384 e. The molecule has 0 aromatic carbocycles. The number of pyridine rings is 1. The molecule has 2 heterocycles. The average molecular weight is 268 g/mol. The van der Waals surface area contributed by atoms with Gasteiger partial charge in [-0.05, 0) is 36.9 Å². The van der Waals surface area contributed by atoms with E-state index in [1.807, 2.05) is 18.2 Å². The van der Waals surface area contributed by atoms with E-state index < -0.39 is 0 Å². The molecule has 17 heavy (non-hydrogen) atoms. The molecule has 2 rings (SSSR count). The number of aromatic nitrogens is 1. The molecule has 0 saturated carbocycles. The predicted octanol–water partition coefficient (Wildman–Crippen LogP) is 3.01. The zero-order chi connectivity index (χ0) is 12.3. The number of hydrogen-bond acceptors (Lipinski definition) is 4. The van der Waals surface area contributed by atoms with Gasteiger partial charge in [0.2, 0.25) is 0 Å². The van der Waals surface area contributed by atoms with E-state index >= 15 is 0 Å². The maximum absolute atomic E-state index is 5.90. The molecule has 0 aliphatic rings. The molecule has 0 fully saturated rings.